The molecular formula is C15H18N2O3. The average Bonchev–Trinajstić information content (AvgIpc) is 2.45. The minimum atomic E-state index is -0.949. The number of likely N-dealkylation sites (N-methyl/N-ethyl adjacent to an activating group) is 1. The van der Waals surface area contributed by atoms with Gasteiger partial charge in [-0.25, -0.2) is 9.59 Å². The first-order valence-electron chi connectivity index (χ1n) is 6.55. The normalized spacial score (nSPS) is 13.6. The van der Waals surface area contributed by atoms with Gasteiger partial charge in [0, 0.05) is 25.8 Å². The summed E-state index contributed by atoms with van der Waals surface area (Å²) in [4.78, 5) is 26.9. The number of carbonyl (C=O) groups excluding carboxylic acids is 1. The maximum atomic E-state index is 12.4. The maximum Gasteiger partial charge on any atom is 0.336 e. The SMILES string of the molecule is C=CCN(C)C(=O)N1CCCc2c(C(=O)O)cccc21. The van der Waals surface area contributed by atoms with Crippen LogP contribution in [0.15, 0.2) is 30.9 Å². The first-order chi connectivity index (χ1) is 9.56. The molecule has 0 saturated carbocycles. The molecule has 0 spiro atoms. The average molecular weight is 274 g/mol. The fraction of sp³-hybridized carbons (Fsp3) is 0.333. The third-order valence-electron chi connectivity index (χ3n) is 3.44. The van der Waals surface area contributed by atoms with Crippen LogP contribution in [0.25, 0.3) is 0 Å². The number of nitrogens with zero attached hydrogens (tertiary/aromatic N) is 2. The standard InChI is InChI=1S/C15H18N2O3/c1-3-9-16(2)15(20)17-10-5-7-11-12(14(18)19)6-4-8-13(11)17/h3-4,6,8H,1,5,7,9-10H2,2H3,(H,18,19). The lowest BCUT2D eigenvalue weighted by atomic mass is 9.96. The highest BCUT2D eigenvalue weighted by Gasteiger charge is 2.27. The van der Waals surface area contributed by atoms with Gasteiger partial charge in [0.2, 0.25) is 0 Å². The molecule has 5 heteroatoms. The molecular weight excluding hydrogens is 256 g/mol. The molecule has 0 bridgehead atoms. The van der Waals surface area contributed by atoms with E-state index in [2.05, 4.69) is 6.58 Å². The number of benzene rings is 1. The fourth-order valence-electron chi connectivity index (χ4n) is 2.50. The molecule has 106 valence electrons. The number of hydrogen-bond acceptors (Lipinski definition) is 2. The van der Waals surface area contributed by atoms with E-state index in [4.69, 9.17) is 0 Å². The number of amides is 2. The Hall–Kier alpha value is -2.30. The van der Waals surface area contributed by atoms with E-state index in [9.17, 15) is 14.7 Å². The van der Waals surface area contributed by atoms with Crippen LogP contribution in [0.2, 0.25) is 0 Å². The van der Waals surface area contributed by atoms with Gasteiger partial charge in [-0.05, 0) is 30.5 Å². The van der Waals surface area contributed by atoms with E-state index in [1.54, 1.807) is 41.1 Å². The zero-order valence-electron chi connectivity index (χ0n) is 11.5. The van der Waals surface area contributed by atoms with Crippen LogP contribution in [-0.2, 0) is 6.42 Å². The Balaban J connectivity index is 2.38. The van der Waals surface area contributed by atoms with Crippen LogP contribution in [0.3, 0.4) is 0 Å². The Morgan fingerprint density at radius 2 is 2.25 bits per heavy atom. The number of hydrogen-bond donors (Lipinski definition) is 1. The quantitative estimate of drug-likeness (QED) is 0.861. The van der Waals surface area contributed by atoms with Crippen molar-refractivity contribution < 1.29 is 14.7 Å². The van der Waals surface area contributed by atoms with E-state index in [-0.39, 0.29) is 11.6 Å². The first kappa shape index (κ1) is 14.1. The molecule has 1 aliphatic heterocycles. The topological polar surface area (TPSA) is 60.9 Å². The van der Waals surface area contributed by atoms with Gasteiger partial charge in [-0.1, -0.05) is 12.1 Å². The smallest absolute Gasteiger partial charge is 0.336 e. The van der Waals surface area contributed by atoms with Crippen molar-refractivity contribution >= 4 is 17.7 Å². The predicted octanol–water partition coefficient (Wildman–Crippen LogP) is 2.38. The molecule has 0 radical (unpaired) electrons. The summed E-state index contributed by atoms with van der Waals surface area (Å²) >= 11 is 0. The zero-order chi connectivity index (χ0) is 14.7. The van der Waals surface area contributed by atoms with Gasteiger partial charge in [-0.15, -0.1) is 6.58 Å². The monoisotopic (exact) mass is 274 g/mol. The second-order valence-corrected chi connectivity index (χ2v) is 4.82. The summed E-state index contributed by atoms with van der Waals surface area (Å²) in [7, 11) is 1.71. The van der Waals surface area contributed by atoms with Crippen molar-refractivity contribution in [2.75, 3.05) is 25.0 Å². The number of aromatic carboxylic acids is 1. The van der Waals surface area contributed by atoms with Crippen molar-refractivity contribution in [1.82, 2.24) is 4.90 Å². The number of carboxylic acid groups (broad SMARTS) is 1. The van der Waals surface area contributed by atoms with Crippen LogP contribution in [0.5, 0.6) is 0 Å². The van der Waals surface area contributed by atoms with Crippen molar-refractivity contribution in [2.45, 2.75) is 12.8 Å². The van der Waals surface area contributed by atoms with Gasteiger partial charge >= 0.3 is 12.0 Å². The summed E-state index contributed by atoms with van der Waals surface area (Å²) in [5, 5.41) is 9.23. The van der Waals surface area contributed by atoms with Crippen LogP contribution in [0.4, 0.5) is 10.5 Å². The van der Waals surface area contributed by atoms with Gasteiger partial charge in [0.15, 0.2) is 0 Å². The lowest BCUT2D eigenvalue weighted by Crippen LogP contribution is -2.44. The fourth-order valence-corrected chi connectivity index (χ4v) is 2.50. The van der Waals surface area contributed by atoms with E-state index in [1.165, 1.54) is 0 Å². The van der Waals surface area contributed by atoms with Crippen molar-refractivity contribution in [3.63, 3.8) is 0 Å². The molecule has 0 aromatic heterocycles. The van der Waals surface area contributed by atoms with Crippen molar-refractivity contribution in [3.8, 4) is 0 Å². The Kier molecular flexibility index (Phi) is 4.08. The summed E-state index contributed by atoms with van der Waals surface area (Å²) in [5.74, 6) is -0.949. The maximum absolute atomic E-state index is 12.4. The molecule has 2 rings (SSSR count). The van der Waals surface area contributed by atoms with Crippen LogP contribution >= 0.6 is 0 Å². The van der Waals surface area contributed by atoms with Gasteiger partial charge in [0.05, 0.1) is 5.56 Å². The summed E-state index contributed by atoms with van der Waals surface area (Å²) in [6, 6.07) is 4.94. The van der Waals surface area contributed by atoms with Crippen LogP contribution in [0.1, 0.15) is 22.3 Å². The number of carbonyl (C=O) groups is 2. The Morgan fingerprint density at radius 3 is 2.90 bits per heavy atom. The van der Waals surface area contributed by atoms with Gasteiger partial charge in [0.25, 0.3) is 0 Å². The molecule has 1 heterocycles. The number of carboxylic acids is 1. The molecule has 0 atom stereocenters. The van der Waals surface area contributed by atoms with E-state index < -0.39 is 5.97 Å². The minimum Gasteiger partial charge on any atom is -0.478 e. The Morgan fingerprint density at radius 1 is 1.50 bits per heavy atom. The number of fused-ring (bicyclic) bond motifs is 1. The lowest BCUT2D eigenvalue weighted by Gasteiger charge is -2.33. The predicted molar refractivity (Wildman–Crippen MR) is 77.3 cm³/mol. The highest BCUT2D eigenvalue weighted by molar-refractivity contribution is 5.97. The number of anilines is 1. The second kappa shape index (κ2) is 5.77. The molecule has 1 N–H and O–H groups in total. The largest absolute Gasteiger partial charge is 0.478 e. The summed E-state index contributed by atoms with van der Waals surface area (Å²) in [6.07, 6.45) is 3.12. The molecule has 0 fully saturated rings. The van der Waals surface area contributed by atoms with Gasteiger partial charge < -0.3 is 10.0 Å². The first-order valence-corrected chi connectivity index (χ1v) is 6.55. The molecule has 0 saturated heterocycles. The molecule has 5 nitrogen and oxygen atoms in total. The molecule has 1 aromatic carbocycles. The molecule has 1 aromatic rings. The van der Waals surface area contributed by atoms with E-state index in [0.29, 0.717) is 25.2 Å². The van der Waals surface area contributed by atoms with Crippen LogP contribution < -0.4 is 4.90 Å². The number of urea groups is 1. The number of rotatable bonds is 3. The Labute approximate surface area is 118 Å². The minimum absolute atomic E-state index is 0.131. The van der Waals surface area contributed by atoms with Crippen LogP contribution in [-0.4, -0.2) is 42.1 Å². The second-order valence-electron chi connectivity index (χ2n) is 4.82. The van der Waals surface area contributed by atoms with Gasteiger partial charge in [0.1, 0.15) is 0 Å². The van der Waals surface area contributed by atoms with E-state index in [0.717, 1.165) is 12.0 Å². The van der Waals surface area contributed by atoms with E-state index in [1.807, 2.05) is 0 Å². The zero-order valence-corrected chi connectivity index (χ0v) is 11.5. The lowest BCUT2D eigenvalue weighted by molar-refractivity contribution is 0.0695. The van der Waals surface area contributed by atoms with Crippen molar-refractivity contribution in [1.29, 1.82) is 0 Å². The molecule has 0 unspecified atom stereocenters. The van der Waals surface area contributed by atoms with Crippen molar-refractivity contribution in [3.05, 3.63) is 42.0 Å². The van der Waals surface area contributed by atoms with Crippen molar-refractivity contribution in [2.24, 2.45) is 0 Å². The van der Waals surface area contributed by atoms with E-state index >= 15 is 0 Å². The van der Waals surface area contributed by atoms with Gasteiger partial charge in [-0.3, -0.25) is 4.90 Å². The molecule has 20 heavy (non-hydrogen) atoms. The summed E-state index contributed by atoms with van der Waals surface area (Å²) in [5.41, 5.74) is 1.73. The summed E-state index contributed by atoms with van der Waals surface area (Å²) < 4.78 is 0. The summed E-state index contributed by atoms with van der Waals surface area (Å²) in [6.45, 7) is 4.69. The molecule has 1 aliphatic rings. The Bertz CT molecular complexity index is 554. The third kappa shape index (κ3) is 2.52. The molecule has 2 amide bonds. The highest BCUT2D eigenvalue weighted by Crippen LogP contribution is 2.30. The molecule has 0 aliphatic carbocycles. The highest BCUT2D eigenvalue weighted by atomic mass is 16.4. The van der Waals surface area contributed by atoms with Crippen LogP contribution in [0, 0.1) is 0 Å². The van der Waals surface area contributed by atoms with Gasteiger partial charge in [-0.2, -0.15) is 0 Å². The third-order valence-corrected chi connectivity index (χ3v) is 3.44.